The summed E-state index contributed by atoms with van der Waals surface area (Å²) in [5, 5.41) is 4.91. The highest BCUT2D eigenvalue weighted by atomic mass is 35.5. The molecule has 2 aromatic heterocycles. The number of nitrogens with one attached hydrogen (secondary N) is 1. The third-order valence-corrected chi connectivity index (χ3v) is 7.50. The van der Waals surface area contributed by atoms with E-state index in [0.717, 1.165) is 77.5 Å². The first kappa shape index (κ1) is 27.7. The zero-order valence-electron chi connectivity index (χ0n) is 19.2. The van der Waals surface area contributed by atoms with Gasteiger partial charge in [0.05, 0.1) is 28.4 Å². The van der Waals surface area contributed by atoms with E-state index in [1.165, 1.54) is 11.8 Å². The summed E-state index contributed by atoms with van der Waals surface area (Å²) < 4.78 is 7.87. The highest BCUT2D eigenvalue weighted by molar-refractivity contribution is 8.04. The van der Waals surface area contributed by atoms with Crippen molar-refractivity contribution in [1.82, 2.24) is 19.6 Å². The number of imidazole rings is 1. The molecular formula is C25H29Cl3N4O2S. The molecule has 1 saturated heterocycles. The summed E-state index contributed by atoms with van der Waals surface area (Å²) in [5.41, 5.74) is 1.87. The fourth-order valence-electron chi connectivity index (χ4n) is 4.35. The SMILES string of the molecule is Cl.Cl.O=C(NCC1CCN(CCCOc2ccc(Cl)cc2)CC1)C1=Cc2cnc3cccc(n23)S1. The van der Waals surface area contributed by atoms with Crippen molar-refractivity contribution in [1.29, 1.82) is 0 Å². The van der Waals surface area contributed by atoms with Gasteiger partial charge in [-0.2, -0.15) is 0 Å². The Bertz CT molecular complexity index is 1160. The third-order valence-electron chi connectivity index (χ3n) is 6.20. The van der Waals surface area contributed by atoms with Crippen LogP contribution in [-0.2, 0) is 4.79 Å². The lowest BCUT2D eigenvalue weighted by molar-refractivity contribution is -0.117. The number of carbonyl (C=O) groups excluding carboxylic acids is 1. The molecule has 5 rings (SSSR count). The smallest absolute Gasteiger partial charge is 0.258 e. The van der Waals surface area contributed by atoms with Crippen LogP contribution in [0, 0.1) is 5.92 Å². The summed E-state index contributed by atoms with van der Waals surface area (Å²) in [6, 6.07) is 13.5. The summed E-state index contributed by atoms with van der Waals surface area (Å²) in [6.07, 6.45) is 6.97. The van der Waals surface area contributed by atoms with Gasteiger partial charge in [-0.1, -0.05) is 29.4 Å². The van der Waals surface area contributed by atoms with Crippen molar-refractivity contribution in [3.63, 3.8) is 0 Å². The second-order valence-corrected chi connectivity index (χ2v) is 10.0. The van der Waals surface area contributed by atoms with Gasteiger partial charge in [-0.05, 0) is 80.7 Å². The highest BCUT2D eigenvalue weighted by Gasteiger charge is 2.23. The van der Waals surface area contributed by atoms with Gasteiger partial charge in [-0.3, -0.25) is 9.20 Å². The van der Waals surface area contributed by atoms with E-state index in [9.17, 15) is 4.79 Å². The van der Waals surface area contributed by atoms with Crippen LogP contribution in [0.3, 0.4) is 0 Å². The maximum atomic E-state index is 12.8. The molecule has 1 N–H and O–H groups in total. The number of rotatable bonds is 8. The average Bonchev–Trinajstić information content (AvgIpc) is 3.26. The number of amides is 1. The van der Waals surface area contributed by atoms with Gasteiger partial charge in [0.2, 0.25) is 0 Å². The molecule has 0 unspecified atom stereocenters. The molecular weight excluding hydrogens is 527 g/mol. The molecule has 2 aliphatic rings. The van der Waals surface area contributed by atoms with Crippen LogP contribution in [0.25, 0.3) is 11.7 Å². The summed E-state index contributed by atoms with van der Waals surface area (Å²) in [4.78, 5) is 20.4. The predicted molar refractivity (Wildman–Crippen MR) is 147 cm³/mol. The number of likely N-dealkylation sites (tertiary alicyclic amines) is 1. The minimum absolute atomic E-state index is 0. The van der Waals surface area contributed by atoms with Crippen molar-refractivity contribution in [3.05, 3.63) is 64.3 Å². The third kappa shape index (κ3) is 6.86. The van der Waals surface area contributed by atoms with Gasteiger partial charge < -0.3 is 15.0 Å². The first-order valence-electron chi connectivity index (χ1n) is 11.4. The quantitative estimate of drug-likeness (QED) is 0.368. The first-order chi connectivity index (χ1) is 16.2. The summed E-state index contributed by atoms with van der Waals surface area (Å²) in [7, 11) is 0. The lowest BCUT2D eigenvalue weighted by atomic mass is 9.96. The second kappa shape index (κ2) is 12.9. The van der Waals surface area contributed by atoms with E-state index in [1.54, 1.807) is 0 Å². The number of carbonyl (C=O) groups is 1. The van der Waals surface area contributed by atoms with E-state index in [2.05, 4.69) is 19.6 Å². The van der Waals surface area contributed by atoms with Crippen molar-refractivity contribution >= 4 is 65.8 Å². The van der Waals surface area contributed by atoms with Crippen LogP contribution in [0.4, 0.5) is 0 Å². The lowest BCUT2D eigenvalue weighted by Crippen LogP contribution is -2.39. The van der Waals surface area contributed by atoms with Gasteiger partial charge in [0.1, 0.15) is 11.4 Å². The topological polar surface area (TPSA) is 58.9 Å². The number of halogens is 3. The summed E-state index contributed by atoms with van der Waals surface area (Å²) in [6.45, 7) is 4.61. The second-order valence-electron chi connectivity index (χ2n) is 8.50. The number of ether oxygens (including phenoxy) is 1. The van der Waals surface area contributed by atoms with Crippen molar-refractivity contribution in [2.24, 2.45) is 5.92 Å². The molecule has 0 spiro atoms. The number of thioether (sulfide) groups is 1. The van der Waals surface area contributed by atoms with Crippen LogP contribution in [0.2, 0.25) is 5.02 Å². The molecule has 0 saturated carbocycles. The number of pyridine rings is 1. The molecule has 10 heteroatoms. The van der Waals surface area contributed by atoms with Crippen LogP contribution in [0.15, 0.2) is 58.6 Å². The van der Waals surface area contributed by atoms with Crippen LogP contribution in [0.1, 0.15) is 25.0 Å². The fraction of sp³-hybridized carbons (Fsp3) is 0.360. The number of benzene rings is 1. The summed E-state index contributed by atoms with van der Waals surface area (Å²) >= 11 is 7.41. The van der Waals surface area contributed by atoms with Gasteiger partial charge in [-0.25, -0.2) is 4.98 Å². The first-order valence-corrected chi connectivity index (χ1v) is 12.6. The van der Waals surface area contributed by atoms with E-state index in [-0.39, 0.29) is 30.7 Å². The van der Waals surface area contributed by atoms with Gasteiger partial charge in [0, 0.05) is 18.1 Å². The molecule has 1 fully saturated rings. The normalized spacial score (nSPS) is 15.6. The van der Waals surface area contributed by atoms with Crippen LogP contribution < -0.4 is 10.1 Å². The van der Waals surface area contributed by atoms with Crippen molar-refractivity contribution < 1.29 is 9.53 Å². The maximum Gasteiger partial charge on any atom is 0.258 e. The standard InChI is InChI=1S/C25H27ClN4O2S.2ClH/c26-19-5-7-21(8-6-19)32-14-2-11-29-12-9-18(10-13-29)16-28-25(31)22-15-20-17-27-23-3-1-4-24(33-22)30(20)23;;/h1,3-8,15,17-18H,2,9-14,16H2,(H,28,31);2*1H. The Morgan fingerprint density at radius 2 is 1.91 bits per heavy atom. The van der Waals surface area contributed by atoms with Crippen LogP contribution in [0.5, 0.6) is 5.75 Å². The van der Waals surface area contributed by atoms with E-state index >= 15 is 0 Å². The molecule has 0 atom stereocenters. The monoisotopic (exact) mass is 554 g/mol. The Morgan fingerprint density at radius 3 is 2.69 bits per heavy atom. The highest BCUT2D eigenvalue weighted by Crippen LogP contribution is 2.34. The summed E-state index contributed by atoms with van der Waals surface area (Å²) in [5.74, 6) is 1.39. The molecule has 0 aliphatic carbocycles. The van der Waals surface area contributed by atoms with Crippen molar-refractivity contribution in [2.75, 3.05) is 32.8 Å². The Morgan fingerprint density at radius 1 is 1.14 bits per heavy atom. The molecule has 1 aromatic carbocycles. The minimum Gasteiger partial charge on any atom is -0.494 e. The van der Waals surface area contributed by atoms with Gasteiger partial charge in [0.15, 0.2) is 0 Å². The molecule has 4 heterocycles. The van der Waals surface area contributed by atoms with E-state index in [1.807, 2.05) is 54.7 Å². The average molecular weight is 556 g/mol. The molecule has 3 aromatic rings. The number of nitrogens with zero attached hydrogens (tertiary/aromatic N) is 3. The predicted octanol–water partition coefficient (Wildman–Crippen LogP) is 5.58. The lowest BCUT2D eigenvalue weighted by Gasteiger charge is -2.32. The fourth-order valence-corrected chi connectivity index (χ4v) is 5.48. The van der Waals surface area contributed by atoms with Crippen molar-refractivity contribution in [3.8, 4) is 5.75 Å². The number of hydrogen-bond donors (Lipinski definition) is 1. The van der Waals surface area contributed by atoms with Gasteiger partial charge in [-0.15, -0.1) is 24.8 Å². The Kier molecular flexibility index (Phi) is 10.2. The zero-order chi connectivity index (χ0) is 22.6. The van der Waals surface area contributed by atoms with E-state index in [4.69, 9.17) is 16.3 Å². The molecule has 6 nitrogen and oxygen atoms in total. The van der Waals surface area contributed by atoms with Gasteiger partial charge in [0.25, 0.3) is 5.91 Å². The van der Waals surface area contributed by atoms with Gasteiger partial charge >= 0.3 is 0 Å². The van der Waals surface area contributed by atoms with E-state index in [0.29, 0.717) is 12.5 Å². The Balaban J connectivity index is 0.00000171. The minimum atomic E-state index is 0. The largest absolute Gasteiger partial charge is 0.494 e. The molecule has 0 radical (unpaired) electrons. The Hall–Kier alpha value is -1.90. The number of piperidine rings is 1. The molecule has 0 bridgehead atoms. The van der Waals surface area contributed by atoms with E-state index < -0.39 is 0 Å². The van der Waals surface area contributed by atoms with Crippen molar-refractivity contribution in [2.45, 2.75) is 24.3 Å². The Labute approximate surface area is 227 Å². The maximum absolute atomic E-state index is 12.8. The van der Waals surface area contributed by atoms with Crippen LogP contribution >= 0.6 is 48.2 Å². The molecule has 1 amide bonds. The molecule has 2 aliphatic heterocycles. The number of hydrogen-bond acceptors (Lipinski definition) is 5. The number of aromatic nitrogens is 2. The van der Waals surface area contributed by atoms with Crippen LogP contribution in [-0.4, -0.2) is 53.0 Å². The zero-order valence-corrected chi connectivity index (χ0v) is 22.4. The molecule has 35 heavy (non-hydrogen) atoms. The molecule has 188 valence electrons.